The van der Waals surface area contributed by atoms with Crippen LogP contribution in [0.15, 0.2) is 97.6 Å². The largest absolute Gasteiger partial charge is 0.350 e. The molecule has 6 rings (SSSR count). The van der Waals surface area contributed by atoms with Gasteiger partial charge in [0.25, 0.3) is 0 Å². The number of aromatic nitrogens is 6. The Kier molecular flexibility index (Phi) is 7.61. The summed E-state index contributed by atoms with van der Waals surface area (Å²) in [6.07, 6.45) is 7.45. The van der Waals surface area contributed by atoms with Gasteiger partial charge in [-0.15, -0.1) is 0 Å². The van der Waals surface area contributed by atoms with E-state index in [9.17, 15) is 4.79 Å². The van der Waals surface area contributed by atoms with Crippen molar-refractivity contribution in [2.75, 3.05) is 10.6 Å². The third kappa shape index (κ3) is 5.83. The SMILES string of the molecule is C=C(C)C(=O)Cc1ccc2c(-c3ccccc3CNc3nc(Nc4cccnc4)nc4c(C(C)C)cnn34)nccc2c1. The number of anilines is 3. The Morgan fingerprint density at radius 3 is 2.65 bits per heavy atom. The van der Waals surface area contributed by atoms with Crippen molar-refractivity contribution < 1.29 is 4.79 Å². The summed E-state index contributed by atoms with van der Waals surface area (Å²) in [5.74, 6) is 1.30. The smallest absolute Gasteiger partial charge is 0.232 e. The summed E-state index contributed by atoms with van der Waals surface area (Å²) < 4.78 is 1.75. The highest BCUT2D eigenvalue weighted by molar-refractivity contribution is 5.98. The molecule has 0 spiro atoms. The maximum absolute atomic E-state index is 12.3. The first-order valence-corrected chi connectivity index (χ1v) is 14.2. The zero-order valence-corrected chi connectivity index (χ0v) is 24.4. The van der Waals surface area contributed by atoms with E-state index in [1.54, 1.807) is 23.8 Å². The van der Waals surface area contributed by atoms with Gasteiger partial charge in [0.15, 0.2) is 11.4 Å². The number of allylic oxidation sites excluding steroid dienone is 1. The summed E-state index contributed by atoms with van der Waals surface area (Å²) in [4.78, 5) is 30.8. The Morgan fingerprint density at radius 2 is 1.86 bits per heavy atom. The normalized spacial score (nSPS) is 11.3. The van der Waals surface area contributed by atoms with Gasteiger partial charge in [0.1, 0.15) is 0 Å². The van der Waals surface area contributed by atoms with Gasteiger partial charge in [-0.1, -0.05) is 62.9 Å². The van der Waals surface area contributed by atoms with Crippen LogP contribution < -0.4 is 10.6 Å². The van der Waals surface area contributed by atoms with E-state index >= 15 is 0 Å². The lowest BCUT2D eigenvalue weighted by Crippen LogP contribution is -2.11. The molecule has 0 aliphatic heterocycles. The summed E-state index contributed by atoms with van der Waals surface area (Å²) in [6.45, 7) is 10.2. The summed E-state index contributed by atoms with van der Waals surface area (Å²) in [5.41, 5.74) is 7.02. The first kappa shape index (κ1) is 27.7. The van der Waals surface area contributed by atoms with Crippen LogP contribution in [0.2, 0.25) is 0 Å². The summed E-state index contributed by atoms with van der Waals surface area (Å²) in [5, 5.41) is 13.4. The highest BCUT2D eigenvalue weighted by Gasteiger charge is 2.17. The molecule has 9 heteroatoms. The molecule has 0 amide bonds. The van der Waals surface area contributed by atoms with E-state index in [4.69, 9.17) is 15.0 Å². The van der Waals surface area contributed by atoms with E-state index in [0.717, 1.165) is 50.1 Å². The first-order valence-electron chi connectivity index (χ1n) is 14.2. The molecule has 0 unspecified atom stereocenters. The Labute approximate surface area is 249 Å². The third-order valence-electron chi connectivity index (χ3n) is 7.31. The van der Waals surface area contributed by atoms with Crippen LogP contribution in [0.1, 0.15) is 43.4 Å². The number of Topliss-reactive ketones (excluding diaryl/α,β-unsaturated/α-hetero) is 1. The van der Waals surface area contributed by atoms with Crippen LogP contribution in [0, 0.1) is 0 Å². The molecule has 4 aromatic heterocycles. The third-order valence-corrected chi connectivity index (χ3v) is 7.31. The topological polar surface area (TPSA) is 110 Å². The van der Waals surface area contributed by atoms with Gasteiger partial charge in [-0.2, -0.15) is 19.6 Å². The molecule has 0 radical (unpaired) electrons. The van der Waals surface area contributed by atoms with Crippen molar-refractivity contribution in [3.63, 3.8) is 0 Å². The van der Waals surface area contributed by atoms with Crippen molar-refractivity contribution in [3.8, 4) is 11.3 Å². The minimum atomic E-state index is 0.0420. The second-order valence-electron chi connectivity index (χ2n) is 10.8. The molecule has 0 atom stereocenters. The molecule has 0 aliphatic carbocycles. The van der Waals surface area contributed by atoms with Crippen molar-refractivity contribution in [1.82, 2.24) is 29.5 Å². The molecule has 0 saturated heterocycles. The number of nitrogens with one attached hydrogen (secondary N) is 2. The van der Waals surface area contributed by atoms with Gasteiger partial charge in [-0.25, -0.2) is 0 Å². The van der Waals surface area contributed by atoms with Crippen LogP contribution in [0.4, 0.5) is 17.6 Å². The van der Waals surface area contributed by atoms with E-state index in [1.807, 2.05) is 54.9 Å². The van der Waals surface area contributed by atoms with Gasteiger partial charge >= 0.3 is 0 Å². The second-order valence-corrected chi connectivity index (χ2v) is 10.8. The molecular weight excluding hydrogens is 536 g/mol. The lowest BCUT2D eigenvalue weighted by atomic mass is 9.97. The second kappa shape index (κ2) is 11.8. The predicted octanol–water partition coefficient (Wildman–Crippen LogP) is 6.90. The minimum Gasteiger partial charge on any atom is -0.350 e. The van der Waals surface area contributed by atoms with Crippen LogP contribution in [-0.2, 0) is 17.8 Å². The monoisotopic (exact) mass is 568 g/mol. The number of ketones is 1. The number of benzene rings is 2. The number of nitrogens with zero attached hydrogens (tertiary/aromatic N) is 6. The van der Waals surface area contributed by atoms with E-state index < -0.39 is 0 Å². The van der Waals surface area contributed by atoms with E-state index in [-0.39, 0.29) is 11.7 Å². The Hall–Kier alpha value is -5.44. The Morgan fingerprint density at radius 1 is 1.00 bits per heavy atom. The lowest BCUT2D eigenvalue weighted by molar-refractivity contribution is -0.114. The highest BCUT2D eigenvalue weighted by Crippen LogP contribution is 2.31. The minimum absolute atomic E-state index is 0.0420. The van der Waals surface area contributed by atoms with Crippen LogP contribution in [0.5, 0.6) is 0 Å². The first-order chi connectivity index (χ1) is 20.9. The molecule has 0 aliphatic rings. The number of hydrogen-bond donors (Lipinski definition) is 2. The number of hydrogen-bond acceptors (Lipinski definition) is 8. The van der Waals surface area contributed by atoms with Crippen molar-refractivity contribution >= 4 is 39.8 Å². The molecule has 2 N–H and O–H groups in total. The van der Waals surface area contributed by atoms with Gasteiger partial charge in [-0.3, -0.25) is 14.8 Å². The molecule has 4 heterocycles. The Balaban J connectivity index is 1.34. The fraction of sp³-hybridized carbons (Fsp3) is 0.176. The van der Waals surface area contributed by atoms with Crippen LogP contribution in [0.3, 0.4) is 0 Å². The highest BCUT2D eigenvalue weighted by atomic mass is 16.1. The van der Waals surface area contributed by atoms with Crippen molar-refractivity contribution in [2.45, 2.75) is 39.7 Å². The number of fused-ring (bicyclic) bond motifs is 2. The fourth-order valence-corrected chi connectivity index (χ4v) is 5.01. The van der Waals surface area contributed by atoms with Crippen LogP contribution in [-0.4, -0.2) is 35.3 Å². The maximum Gasteiger partial charge on any atom is 0.232 e. The predicted molar refractivity (Wildman–Crippen MR) is 170 cm³/mol. The maximum atomic E-state index is 12.3. The lowest BCUT2D eigenvalue weighted by Gasteiger charge is -2.14. The number of pyridine rings is 2. The van der Waals surface area contributed by atoms with Crippen molar-refractivity contribution in [3.05, 3.63) is 114 Å². The Bertz CT molecular complexity index is 1960. The molecule has 0 bridgehead atoms. The summed E-state index contributed by atoms with van der Waals surface area (Å²) in [6, 6.07) is 20.0. The molecule has 9 nitrogen and oxygen atoms in total. The molecule has 43 heavy (non-hydrogen) atoms. The zero-order valence-electron chi connectivity index (χ0n) is 24.4. The molecular formula is C34H32N8O. The fourth-order valence-electron chi connectivity index (χ4n) is 5.01. The number of carbonyl (C=O) groups is 1. The van der Waals surface area contributed by atoms with E-state index in [0.29, 0.717) is 30.4 Å². The molecule has 2 aromatic carbocycles. The average Bonchev–Trinajstić information content (AvgIpc) is 3.45. The van der Waals surface area contributed by atoms with Crippen molar-refractivity contribution in [1.29, 1.82) is 0 Å². The molecule has 0 fully saturated rings. The molecule has 6 aromatic rings. The number of rotatable bonds is 10. The van der Waals surface area contributed by atoms with Crippen LogP contribution >= 0.6 is 0 Å². The van der Waals surface area contributed by atoms with Gasteiger partial charge in [0.05, 0.1) is 23.8 Å². The molecule has 0 saturated carbocycles. The van der Waals surface area contributed by atoms with Gasteiger partial charge in [-0.05, 0) is 53.1 Å². The molecule has 214 valence electrons. The van der Waals surface area contributed by atoms with Crippen molar-refractivity contribution in [2.24, 2.45) is 0 Å². The van der Waals surface area contributed by atoms with Gasteiger partial charge in [0.2, 0.25) is 11.9 Å². The van der Waals surface area contributed by atoms with E-state index in [2.05, 4.69) is 59.3 Å². The average molecular weight is 569 g/mol. The summed E-state index contributed by atoms with van der Waals surface area (Å²) in [7, 11) is 0. The zero-order chi connectivity index (χ0) is 29.9. The van der Waals surface area contributed by atoms with Crippen LogP contribution in [0.25, 0.3) is 27.7 Å². The van der Waals surface area contributed by atoms with Gasteiger partial charge < -0.3 is 10.6 Å². The number of carbonyl (C=O) groups excluding carboxylic acids is 1. The quantitative estimate of drug-likeness (QED) is 0.172. The van der Waals surface area contributed by atoms with Gasteiger partial charge in [0, 0.05) is 41.9 Å². The van der Waals surface area contributed by atoms with E-state index in [1.165, 1.54) is 0 Å². The standard InChI is InChI=1S/C34H32N8O/c1-21(2)29-20-38-42-32(29)40-33(39-26-9-7-14-35-19-26)41-34(42)37-18-25-8-5-6-10-27(25)31-28-12-11-23(17-30(43)22(3)4)16-24(28)13-15-36-31/h5-16,19-21H,3,17-18H2,1-2,4H3,(H2,37,39,40,41). The summed E-state index contributed by atoms with van der Waals surface area (Å²) >= 11 is 0.